The molecule has 7 rings (SSSR count). The zero-order chi connectivity index (χ0) is 73.1. The third-order valence-corrected chi connectivity index (χ3v) is 18.5. The second kappa shape index (κ2) is 35.7. The van der Waals surface area contributed by atoms with E-state index in [9.17, 15) is 103 Å². The number of carboxylic acid groups (broad SMARTS) is 1. The zero-order valence-electron chi connectivity index (χ0n) is 56.4. The Morgan fingerprint density at radius 3 is 1.96 bits per heavy atom. The van der Waals surface area contributed by atoms with Crippen LogP contribution in [0, 0.1) is 11.8 Å². The van der Waals surface area contributed by atoms with Gasteiger partial charge < -0.3 is 108 Å². The number of carbonyl (C=O) groups excluding carboxylic acids is 12. The van der Waals surface area contributed by atoms with E-state index in [1.165, 1.54) is 39.2 Å². The van der Waals surface area contributed by atoms with E-state index in [0.29, 0.717) is 25.7 Å². The third-order valence-electron chi connectivity index (χ3n) is 18.5. The van der Waals surface area contributed by atoms with Gasteiger partial charge in [0.1, 0.15) is 77.9 Å². The Bertz CT molecular complexity index is 3440. The second-order valence-corrected chi connectivity index (χ2v) is 26.2. The van der Waals surface area contributed by atoms with Crippen molar-refractivity contribution in [1.29, 1.82) is 0 Å². The maximum absolute atomic E-state index is 14.4. The first-order chi connectivity index (χ1) is 46.8. The van der Waals surface area contributed by atoms with Crippen LogP contribution in [0.4, 0.5) is 0 Å². The van der Waals surface area contributed by atoms with Gasteiger partial charge in [-0.25, -0.2) is 0 Å². The molecule has 3 fully saturated rings. The fourth-order valence-corrected chi connectivity index (χ4v) is 13.3. The first-order valence-electron chi connectivity index (χ1n) is 32.8. The summed E-state index contributed by atoms with van der Waals surface area (Å²) in [6, 6.07) is -8.06. The summed E-state index contributed by atoms with van der Waals surface area (Å²) in [7, 11) is 1.25. The van der Waals surface area contributed by atoms with Gasteiger partial charge in [0.05, 0.1) is 61.4 Å². The van der Waals surface area contributed by atoms with Crippen LogP contribution in [0.25, 0.3) is 0 Å². The number of nitrogens with zero attached hydrogens (tertiary/aromatic N) is 1. The number of aliphatic hydroxyl groups is 6. The van der Waals surface area contributed by atoms with Gasteiger partial charge in [-0.05, 0) is 63.9 Å². The summed E-state index contributed by atoms with van der Waals surface area (Å²) in [6.07, 6.45) is -8.07. The number of fused-ring (bicyclic) bond motifs is 3. The van der Waals surface area contributed by atoms with Crippen molar-refractivity contribution in [2.75, 3.05) is 33.5 Å². The molecular weight excluding hydrogens is 1330 g/mol. The van der Waals surface area contributed by atoms with Crippen molar-refractivity contribution in [2.45, 2.75) is 209 Å². The van der Waals surface area contributed by atoms with Crippen LogP contribution < -0.4 is 47.7 Å². The van der Waals surface area contributed by atoms with Gasteiger partial charge in [0.15, 0.2) is 17.9 Å². The number of primary amides is 1. The number of likely N-dealkylation sites (tertiary alicyclic amines) is 1. The molecule has 0 bridgehead atoms. The number of aliphatic carboxylic acids is 1. The van der Waals surface area contributed by atoms with Gasteiger partial charge in [-0.3, -0.25) is 62.3 Å². The number of ether oxygens (including phenoxy) is 3. The fraction of sp³-hybridized carbons (Fsp3) is 0.615. The number of β-amino-alcohol motifs (C(OH)–C–C–N with tert-alkyl or cyclic N) is 1. The minimum absolute atomic E-state index is 0. The van der Waals surface area contributed by atoms with Crippen LogP contribution in [0.1, 0.15) is 167 Å². The van der Waals surface area contributed by atoms with E-state index in [1.54, 1.807) is 13.8 Å². The number of aliphatic hydroxyl groups excluding tert-OH is 5. The normalized spacial score (nSPS) is 23.6. The molecule has 5 aliphatic rings. The molecular formula is C65H89N9NaO25. The van der Waals surface area contributed by atoms with Crippen LogP contribution >= 0.6 is 0 Å². The zero-order valence-corrected chi connectivity index (χ0v) is 58.4. The maximum Gasteiger partial charge on any atom is 0.303 e. The minimum Gasteiger partial charge on any atom is -0.507 e. The number of phenolic OH excluding ortho intramolecular Hbond substituents is 2. The number of rotatable bonds is 31. The van der Waals surface area contributed by atoms with E-state index >= 15 is 0 Å². The smallest absolute Gasteiger partial charge is 0.303 e. The van der Waals surface area contributed by atoms with Crippen LogP contribution in [0.3, 0.4) is 0 Å². The first-order valence-corrected chi connectivity index (χ1v) is 32.8. The summed E-state index contributed by atoms with van der Waals surface area (Å²) in [5, 5.41) is 115. The molecule has 2 aliphatic heterocycles. The predicted octanol–water partition coefficient (Wildman–Crippen LogP) is -4.20. The van der Waals surface area contributed by atoms with Gasteiger partial charge in [-0.2, -0.15) is 0 Å². The molecule has 545 valence electrons. The number of carboxylic acids is 1. The molecule has 1 saturated carbocycles. The van der Waals surface area contributed by atoms with E-state index < -0.39 is 242 Å². The van der Waals surface area contributed by atoms with Gasteiger partial charge in [0, 0.05) is 97.7 Å². The van der Waals surface area contributed by atoms with Gasteiger partial charge >= 0.3 is 5.97 Å². The van der Waals surface area contributed by atoms with Crippen LogP contribution in [0.15, 0.2) is 18.2 Å². The third kappa shape index (κ3) is 19.2. The Hall–Kier alpha value is -7.77. The molecule has 3 aliphatic carbocycles. The summed E-state index contributed by atoms with van der Waals surface area (Å²) in [5.41, 5.74) is 0.557. The van der Waals surface area contributed by atoms with Crippen LogP contribution in [-0.2, 0) is 68.6 Å². The largest absolute Gasteiger partial charge is 0.507 e. The maximum atomic E-state index is 14.4. The molecule has 2 aromatic carbocycles. The number of carbonyl (C=O) groups is 13. The summed E-state index contributed by atoms with van der Waals surface area (Å²) in [6.45, 7) is 2.46. The number of phenols is 2. The SMILES string of the molecule is COc1cccc2c1C(=O)c1c(O)c3c(c(O)c1C2=O)C[C@@](O)(C(=O)CO)C[C@@H]3O[C@H]1C[C@H](NC(=O)[C@H](CC(C)C)NC(=O)[C@H](CO)NC(=O)[C@H](CCC(N)=O)NC(=O)[C@@H](NC(=O)[C@H](CO)NC(=O)[C@H](C)NC(=O)[C@@H]2C[C@@H](O)CN2C(=O)CCCC(=O)O)C2CCCCC2)[C@H](O)[C@H](C)O1.[Na]. The average Bonchev–Trinajstić information content (AvgIpc) is 0.803. The summed E-state index contributed by atoms with van der Waals surface area (Å²) >= 11 is 0. The molecule has 2 heterocycles. The molecule has 0 spiro atoms. The summed E-state index contributed by atoms with van der Waals surface area (Å²) < 4.78 is 17.7. The Labute approximate surface area is 596 Å². The number of aromatic hydroxyl groups is 2. The fourth-order valence-electron chi connectivity index (χ4n) is 13.3. The van der Waals surface area contributed by atoms with E-state index in [1.807, 2.05) is 0 Å². The van der Waals surface area contributed by atoms with Crippen molar-refractivity contribution in [2.24, 2.45) is 17.6 Å². The van der Waals surface area contributed by atoms with Crippen LogP contribution in [0.2, 0.25) is 0 Å². The van der Waals surface area contributed by atoms with Crippen LogP contribution in [-0.4, -0.2) is 269 Å². The van der Waals surface area contributed by atoms with Crippen molar-refractivity contribution in [1.82, 2.24) is 42.1 Å². The molecule has 9 amide bonds. The van der Waals surface area contributed by atoms with Crippen LogP contribution in [0.5, 0.6) is 17.2 Å². The van der Waals surface area contributed by atoms with E-state index in [2.05, 4.69) is 37.2 Å². The number of amides is 9. The molecule has 100 heavy (non-hydrogen) atoms. The standard InChI is InChI=1S/C65H89N9O25.Na/c1-28(2)19-37(60(91)69-36-21-47(98-30(4)53(36)84)99-42-23-65(96,43(79)27-77)22-34-49(42)57(88)51-50(55(34)86)54(85)33-13-9-14-41(97-5)48(33)56(51)87)70-61(92)38(25-75)72-59(90)35(17-18-44(66)80)68-64(95)52(31-11-7-6-8-12-31)73-62(93)39(26-76)71-58(89)29(3)67-63(94)40-20-32(78)24-74(40)45(81)15-10-16-46(82)83;/h9,13-14,28-32,35-40,42,47,52-53,75-78,84,86,88,96H,6-8,10-12,15-27H2,1-5H3,(H2,66,80)(H,67,94)(H,68,95)(H,69,91)(H,70,92)(H,71,89)(H,72,90)(H,73,93)(H,82,83);/t29-,30-,32+,35-,36-,37-,38-,39-,40-,42-,47-,52-,53+,65-;/m0./s1. The topological polar surface area (TPSA) is 545 Å². The van der Waals surface area contributed by atoms with Crippen molar-refractivity contribution in [3.8, 4) is 17.2 Å². The first kappa shape index (κ1) is 81.2. The number of ketones is 3. The molecule has 0 aromatic heterocycles. The van der Waals surface area contributed by atoms with Crippen molar-refractivity contribution in [3.05, 3.63) is 51.6 Å². The second-order valence-electron chi connectivity index (χ2n) is 26.2. The van der Waals surface area contributed by atoms with E-state index in [-0.39, 0.29) is 102 Å². The predicted molar refractivity (Wildman–Crippen MR) is 345 cm³/mol. The van der Waals surface area contributed by atoms with E-state index in [0.717, 1.165) is 11.3 Å². The minimum atomic E-state index is -2.51. The van der Waals surface area contributed by atoms with Crippen molar-refractivity contribution >= 4 is 106 Å². The molecule has 0 unspecified atom stereocenters. The van der Waals surface area contributed by atoms with Crippen molar-refractivity contribution < 1.29 is 122 Å². The monoisotopic (exact) mass is 1420 g/mol. The van der Waals surface area contributed by atoms with Crippen molar-refractivity contribution in [3.63, 3.8) is 0 Å². The number of benzene rings is 2. The summed E-state index contributed by atoms with van der Waals surface area (Å²) in [4.78, 5) is 176. The van der Waals surface area contributed by atoms with Gasteiger partial charge in [0.2, 0.25) is 58.9 Å². The molecule has 2 saturated heterocycles. The molecule has 14 atom stereocenters. The van der Waals surface area contributed by atoms with Gasteiger partial charge in [-0.1, -0.05) is 45.2 Å². The number of hydrogen-bond donors (Lipinski definition) is 17. The molecule has 18 N–H and O–H groups in total. The number of Topliss-reactive ketones (excluding diaryl/α,β-unsaturated/α-hetero) is 1. The number of nitrogens with one attached hydrogen (secondary N) is 7. The number of nitrogens with two attached hydrogens (primary N) is 1. The summed E-state index contributed by atoms with van der Waals surface area (Å²) in [5.74, 6) is -15.4. The Balaban J connectivity index is 0.0000157. The number of hydrogen-bond acceptors (Lipinski definition) is 24. The molecule has 34 nitrogen and oxygen atoms in total. The van der Waals surface area contributed by atoms with Gasteiger partial charge in [-0.15, -0.1) is 0 Å². The quantitative estimate of drug-likeness (QED) is 0.0215. The Morgan fingerprint density at radius 2 is 1.35 bits per heavy atom. The Kier molecular flexibility index (Phi) is 29.0. The Morgan fingerprint density at radius 1 is 0.740 bits per heavy atom. The van der Waals surface area contributed by atoms with E-state index in [4.69, 9.17) is 25.1 Å². The number of methoxy groups -OCH3 is 1. The molecule has 1 radical (unpaired) electrons. The van der Waals surface area contributed by atoms with Gasteiger partial charge in [0.25, 0.3) is 0 Å². The molecule has 35 heteroatoms. The molecule has 2 aromatic rings. The average molecular weight is 1420 g/mol.